The number of benzene rings is 2. The van der Waals surface area contributed by atoms with Crippen LogP contribution in [0.5, 0.6) is 5.75 Å². The summed E-state index contributed by atoms with van der Waals surface area (Å²) in [5, 5.41) is 2.81. The number of esters is 1. The molecule has 4 rings (SSSR count). The fourth-order valence-electron chi connectivity index (χ4n) is 3.35. The van der Waals surface area contributed by atoms with Crippen LogP contribution in [0.25, 0.3) is 11.1 Å². The van der Waals surface area contributed by atoms with E-state index >= 15 is 0 Å². The first kappa shape index (κ1) is 19.5. The molecule has 3 aromatic rings. The Labute approximate surface area is 171 Å². The summed E-state index contributed by atoms with van der Waals surface area (Å²) in [4.78, 5) is 31.8. The molecule has 1 aliphatic heterocycles. The lowest BCUT2D eigenvalue weighted by Crippen LogP contribution is -2.34. The fraction of sp³-hybridized carbons (Fsp3) is 0.182. The zero-order valence-electron chi connectivity index (χ0n) is 16.1. The van der Waals surface area contributed by atoms with E-state index in [1.165, 1.54) is 37.7 Å². The lowest BCUT2D eigenvalue weighted by molar-refractivity contribution is 0.0600. The van der Waals surface area contributed by atoms with E-state index in [1.807, 2.05) is 0 Å². The number of nitrogens with one attached hydrogen (secondary N) is 1. The Morgan fingerprint density at radius 2 is 1.87 bits per heavy atom. The zero-order chi connectivity index (χ0) is 21.1. The summed E-state index contributed by atoms with van der Waals surface area (Å²) in [5.41, 5.74) is 2.74. The van der Waals surface area contributed by atoms with Crippen molar-refractivity contribution < 1.29 is 23.5 Å². The van der Waals surface area contributed by atoms with E-state index in [9.17, 15) is 14.0 Å². The molecule has 0 fully saturated rings. The molecule has 2 aromatic carbocycles. The molecule has 0 saturated carbocycles. The molecular formula is C22H18FN3O4. The van der Waals surface area contributed by atoms with E-state index in [0.717, 1.165) is 5.56 Å². The Hall–Kier alpha value is -3.81. The van der Waals surface area contributed by atoms with Crippen LogP contribution < -0.4 is 10.1 Å². The molecule has 1 atom stereocenters. The predicted molar refractivity (Wildman–Crippen MR) is 106 cm³/mol. The monoisotopic (exact) mass is 407 g/mol. The number of amides is 1. The van der Waals surface area contributed by atoms with E-state index < -0.39 is 5.97 Å². The second kappa shape index (κ2) is 8.28. The number of hydrogen-bond acceptors (Lipinski definition) is 6. The number of carbonyl (C=O) groups excluding carboxylic acids is 2. The lowest BCUT2D eigenvalue weighted by Gasteiger charge is -2.13. The van der Waals surface area contributed by atoms with Gasteiger partial charge in [-0.2, -0.15) is 0 Å². The molecule has 1 aliphatic rings. The summed E-state index contributed by atoms with van der Waals surface area (Å²) in [6.07, 6.45) is 4.73. The molecule has 30 heavy (non-hydrogen) atoms. The maximum Gasteiger partial charge on any atom is 0.337 e. The van der Waals surface area contributed by atoms with Gasteiger partial charge in [-0.05, 0) is 36.4 Å². The number of nitrogens with zero attached hydrogens (tertiary/aromatic N) is 2. The number of ether oxygens (including phenoxy) is 2. The minimum absolute atomic E-state index is 0.249. The average molecular weight is 407 g/mol. The maximum atomic E-state index is 14.1. The molecule has 0 bridgehead atoms. The highest BCUT2D eigenvalue weighted by Gasteiger charge is 2.27. The van der Waals surface area contributed by atoms with Gasteiger partial charge in [0.2, 0.25) is 0 Å². The highest BCUT2D eigenvalue weighted by Crippen LogP contribution is 2.39. The Balaban J connectivity index is 1.43. The van der Waals surface area contributed by atoms with Crippen LogP contribution in [0.4, 0.5) is 4.39 Å². The summed E-state index contributed by atoms with van der Waals surface area (Å²) in [7, 11) is 1.30. The predicted octanol–water partition coefficient (Wildman–Crippen LogP) is 2.80. The van der Waals surface area contributed by atoms with Gasteiger partial charge < -0.3 is 14.8 Å². The minimum Gasteiger partial charge on any atom is -0.487 e. The van der Waals surface area contributed by atoms with Gasteiger partial charge in [-0.1, -0.05) is 0 Å². The second-order valence-electron chi connectivity index (χ2n) is 6.79. The number of methoxy groups -OCH3 is 1. The molecular weight excluding hydrogens is 389 g/mol. The van der Waals surface area contributed by atoms with Crippen LogP contribution in [0.15, 0.2) is 55.1 Å². The van der Waals surface area contributed by atoms with Gasteiger partial charge in [-0.3, -0.25) is 4.79 Å². The van der Waals surface area contributed by atoms with Gasteiger partial charge >= 0.3 is 5.97 Å². The van der Waals surface area contributed by atoms with Gasteiger partial charge in [-0.15, -0.1) is 0 Å². The molecule has 0 aliphatic carbocycles. The van der Waals surface area contributed by atoms with Crippen LogP contribution in [-0.4, -0.2) is 41.6 Å². The number of carbonyl (C=O) groups is 2. The van der Waals surface area contributed by atoms with Crippen molar-refractivity contribution in [3.8, 4) is 16.9 Å². The fourth-order valence-corrected chi connectivity index (χ4v) is 3.35. The maximum absolute atomic E-state index is 14.1. The Morgan fingerprint density at radius 1 is 1.17 bits per heavy atom. The van der Waals surface area contributed by atoms with Crippen molar-refractivity contribution in [1.82, 2.24) is 15.3 Å². The minimum atomic E-state index is -0.467. The molecule has 0 saturated heterocycles. The van der Waals surface area contributed by atoms with Gasteiger partial charge in [0, 0.05) is 41.1 Å². The van der Waals surface area contributed by atoms with Gasteiger partial charge in [0.1, 0.15) is 24.0 Å². The first-order valence-electron chi connectivity index (χ1n) is 9.26. The van der Waals surface area contributed by atoms with Crippen LogP contribution in [0, 0.1) is 5.82 Å². The van der Waals surface area contributed by atoms with E-state index in [0.29, 0.717) is 34.4 Å². The van der Waals surface area contributed by atoms with Crippen molar-refractivity contribution in [1.29, 1.82) is 0 Å². The normalized spacial score (nSPS) is 14.5. The van der Waals surface area contributed by atoms with E-state index in [-0.39, 0.29) is 24.4 Å². The van der Waals surface area contributed by atoms with Gasteiger partial charge in [0.25, 0.3) is 5.91 Å². The molecule has 2 heterocycles. The van der Waals surface area contributed by atoms with Crippen molar-refractivity contribution in [3.05, 3.63) is 77.6 Å². The van der Waals surface area contributed by atoms with Crippen molar-refractivity contribution in [2.24, 2.45) is 0 Å². The average Bonchev–Trinajstić information content (AvgIpc) is 3.19. The second-order valence-corrected chi connectivity index (χ2v) is 6.79. The third-order valence-corrected chi connectivity index (χ3v) is 4.79. The van der Waals surface area contributed by atoms with Crippen LogP contribution >= 0.6 is 0 Å². The topological polar surface area (TPSA) is 90.4 Å². The molecule has 152 valence electrons. The van der Waals surface area contributed by atoms with Gasteiger partial charge in [-0.25, -0.2) is 19.2 Å². The van der Waals surface area contributed by atoms with E-state index in [4.69, 9.17) is 4.74 Å². The van der Waals surface area contributed by atoms with Crippen LogP contribution in [-0.2, 0) is 11.2 Å². The van der Waals surface area contributed by atoms with Crippen molar-refractivity contribution in [2.45, 2.75) is 12.5 Å². The zero-order valence-corrected chi connectivity index (χ0v) is 16.1. The number of rotatable bonds is 5. The molecule has 1 unspecified atom stereocenters. The van der Waals surface area contributed by atoms with E-state index in [2.05, 4.69) is 20.0 Å². The summed E-state index contributed by atoms with van der Waals surface area (Å²) in [6.45, 7) is 0.249. The number of halogens is 1. The SMILES string of the molecule is COC(=O)c1ccc(C(=O)NCC2Cc3cc(F)cc(-c4cncnc4)c3O2)cc1. The first-order chi connectivity index (χ1) is 14.5. The molecule has 7 nitrogen and oxygen atoms in total. The molecule has 1 N–H and O–H groups in total. The third-order valence-electron chi connectivity index (χ3n) is 4.79. The van der Waals surface area contributed by atoms with Gasteiger partial charge in [0.15, 0.2) is 0 Å². The van der Waals surface area contributed by atoms with Crippen LogP contribution in [0.1, 0.15) is 26.3 Å². The molecule has 0 spiro atoms. The van der Waals surface area contributed by atoms with Crippen LogP contribution in [0.3, 0.4) is 0 Å². The Kier molecular flexibility index (Phi) is 5.38. The Morgan fingerprint density at radius 3 is 2.57 bits per heavy atom. The highest BCUT2D eigenvalue weighted by atomic mass is 19.1. The standard InChI is InChI=1S/C22H18FN3O4/c1-29-22(28)14-4-2-13(3-5-14)21(27)26-11-18-7-15-6-17(23)8-19(20(15)30-18)16-9-24-12-25-10-16/h2-6,8-10,12,18H,7,11H2,1H3,(H,26,27). The number of hydrogen-bond donors (Lipinski definition) is 1. The molecule has 8 heteroatoms. The van der Waals surface area contributed by atoms with Crippen LogP contribution in [0.2, 0.25) is 0 Å². The number of aromatic nitrogens is 2. The van der Waals surface area contributed by atoms with Gasteiger partial charge in [0.05, 0.1) is 19.2 Å². The Bertz CT molecular complexity index is 1090. The molecule has 0 radical (unpaired) electrons. The van der Waals surface area contributed by atoms with Crippen molar-refractivity contribution in [2.75, 3.05) is 13.7 Å². The smallest absolute Gasteiger partial charge is 0.337 e. The first-order valence-corrected chi connectivity index (χ1v) is 9.26. The van der Waals surface area contributed by atoms with Crippen molar-refractivity contribution >= 4 is 11.9 Å². The van der Waals surface area contributed by atoms with Crippen molar-refractivity contribution in [3.63, 3.8) is 0 Å². The third kappa shape index (κ3) is 3.98. The molecule has 1 amide bonds. The lowest BCUT2D eigenvalue weighted by atomic mass is 10.0. The summed E-state index contributed by atoms with van der Waals surface area (Å²) < 4.78 is 24.7. The quantitative estimate of drug-likeness (QED) is 0.654. The summed E-state index contributed by atoms with van der Waals surface area (Å²) in [5.74, 6) is -0.556. The number of fused-ring (bicyclic) bond motifs is 1. The highest BCUT2D eigenvalue weighted by molar-refractivity contribution is 5.96. The van der Waals surface area contributed by atoms with E-state index in [1.54, 1.807) is 24.5 Å². The largest absolute Gasteiger partial charge is 0.487 e. The molecule has 1 aromatic heterocycles. The summed E-state index contributed by atoms with van der Waals surface area (Å²) >= 11 is 0. The summed E-state index contributed by atoms with van der Waals surface area (Å²) in [6, 6.07) is 8.99.